The van der Waals surface area contributed by atoms with Crippen LogP contribution in [0.3, 0.4) is 0 Å². The normalized spacial score (nSPS) is 10.9. The summed E-state index contributed by atoms with van der Waals surface area (Å²) in [5, 5.41) is 11.8. The van der Waals surface area contributed by atoms with Gasteiger partial charge in [-0.1, -0.05) is 11.8 Å². The zero-order valence-corrected chi connectivity index (χ0v) is 16.9. The number of nitrogens with zero attached hydrogens (tertiary/aromatic N) is 3. The van der Waals surface area contributed by atoms with E-state index in [1.165, 1.54) is 19.5 Å². The van der Waals surface area contributed by atoms with Crippen molar-refractivity contribution in [3.05, 3.63) is 66.0 Å². The second kappa shape index (κ2) is 9.49. The van der Waals surface area contributed by atoms with Gasteiger partial charge in [0, 0.05) is 23.6 Å². The fourth-order valence-electron chi connectivity index (χ4n) is 2.63. The number of methoxy groups -OCH3 is 1. The molecule has 0 atom stereocenters. The Morgan fingerprint density at radius 1 is 1.19 bits per heavy atom. The summed E-state index contributed by atoms with van der Waals surface area (Å²) >= 11 is 0.760. The molecule has 0 aliphatic carbocycles. The van der Waals surface area contributed by atoms with Crippen LogP contribution >= 0.6 is 11.8 Å². The second-order valence-electron chi connectivity index (χ2n) is 6.15. The first kappa shape index (κ1) is 22.1. The van der Waals surface area contributed by atoms with Crippen molar-refractivity contribution in [2.24, 2.45) is 0 Å². The fourth-order valence-corrected chi connectivity index (χ4v) is 3.44. The summed E-state index contributed by atoms with van der Waals surface area (Å²) in [4.78, 5) is 20.3. The first-order valence-corrected chi connectivity index (χ1v) is 9.80. The molecule has 0 fully saturated rings. The Hall–Kier alpha value is -3.58. The van der Waals surface area contributed by atoms with Gasteiger partial charge in [0.2, 0.25) is 5.91 Å². The van der Waals surface area contributed by atoms with E-state index in [9.17, 15) is 23.2 Å². The van der Waals surface area contributed by atoms with E-state index in [4.69, 9.17) is 4.74 Å². The van der Waals surface area contributed by atoms with Crippen LogP contribution in [0.1, 0.15) is 11.1 Å². The summed E-state index contributed by atoms with van der Waals surface area (Å²) in [6, 6.07) is 11.9. The van der Waals surface area contributed by atoms with E-state index in [-0.39, 0.29) is 16.5 Å². The molecule has 1 amide bonds. The number of nitrogens with one attached hydrogen (secondary N) is 1. The van der Waals surface area contributed by atoms with Gasteiger partial charge in [0.05, 0.1) is 29.7 Å². The van der Waals surface area contributed by atoms with Gasteiger partial charge in [-0.15, -0.1) is 0 Å². The molecule has 0 bridgehead atoms. The van der Waals surface area contributed by atoms with Gasteiger partial charge in [-0.3, -0.25) is 9.78 Å². The molecule has 0 aliphatic heterocycles. The lowest BCUT2D eigenvalue weighted by molar-refractivity contribution is -0.138. The standard InChI is InChI=1S/C21H15F3N4O2S/c1-30-15-4-2-13(3-5-15)18-10-17(21(22,23)24)16(11-25)20(28-18)31-12-19(29)27-14-6-8-26-9-7-14/h2-10H,12H2,1H3,(H,26,27,29). The molecule has 0 radical (unpaired) electrons. The molecule has 0 aliphatic rings. The van der Waals surface area contributed by atoms with Crippen molar-refractivity contribution < 1.29 is 22.7 Å². The monoisotopic (exact) mass is 444 g/mol. The Balaban J connectivity index is 1.93. The third kappa shape index (κ3) is 5.52. The van der Waals surface area contributed by atoms with Crippen molar-refractivity contribution in [3.63, 3.8) is 0 Å². The zero-order valence-electron chi connectivity index (χ0n) is 16.1. The van der Waals surface area contributed by atoms with E-state index in [0.29, 0.717) is 17.0 Å². The summed E-state index contributed by atoms with van der Waals surface area (Å²) < 4.78 is 45.9. The van der Waals surface area contributed by atoms with Crippen LogP contribution in [0.5, 0.6) is 5.75 Å². The Kier molecular flexibility index (Phi) is 6.77. The van der Waals surface area contributed by atoms with Gasteiger partial charge in [-0.05, 0) is 42.5 Å². The summed E-state index contributed by atoms with van der Waals surface area (Å²) in [5.41, 5.74) is -0.777. The van der Waals surface area contributed by atoms with Crippen molar-refractivity contribution in [2.45, 2.75) is 11.2 Å². The number of hydrogen-bond acceptors (Lipinski definition) is 6. The fraction of sp³-hybridized carbons (Fsp3) is 0.143. The molecule has 0 saturated carbocycles. The zero-order chi connectivity index (χ0) is 22.4. The highest BCUT2D eigenvalue weighted by Crippen LogP contribution is 2.38. The summed E-state index contributed by atoms with van der Waals surface area (Å²) in [5.74, 6) is -0.144. The average molecular weight is 444 g/mol. The number of carbonyl (C=O) groups excluding carboxylic acids is 1. The van der Waals surface area contributed by atoms with Crippen molar-refractivity contribution in [3.8, 4) is 23.1 Å². The van der Waals surface area contributed by atoms with Gasteiger partial charge in [0.1, 0.15) is 16.8 Å². The maximum Gasteiger partial charge on any atom is 0.417 e. The molecule has 10 heteroatoms. The van der Waals surface area contributed by atoms with Gasteiger partial charge in [-0.25, -0.2) is 4.98 Å². The molecule has 0 spiro atoms. The lowest BCUT2D eigenvalue weighted by Gasteiger charge is -2.14. The molecule has 31 heavy (non-hydrogen) atoms. The minimum absolute atomic E-state index is 0.0334. The van der Waals surface area contributed by atoms with Crippen molar-refractivity contribution in [1.82, 2.24) is 9.97 Å². The van der Waals surface area contributed by atoms with Crippen LogP contribution in [-0.2, 0) is 11.0 Å². The molecule has 1 aromatic carbocycles. The van der Waals surface area contributed by atoms with E-state index >= 15 is 0 Å². The Bertz CT molecular complexity index is 1110. The maximum absolute atomic E-state index is 13.6. The lowest BCUT2D eigenvalue weighted by Crippen LogP contribution is -2.15. The smallest absolute Gasteiger partial charge is 0.417 e. The Morgan fingerprint density at radius 3 is 2.45 bits per heavy atom. The minimum Gasteiger partial charge on any atom is -0.497 e. The lowest BCUT2D eigenvalue weighted by atomic mass is 10.1. The molecule has 0 unspecified atom stereocenters. The highest BCUT2D eigenvalue weighted by atomic mass is 32.2. The molecule has 3 rings (SSSR count). The van der Waals surface area contributed by atoms with Crippen LogP contribution in [0.25, 0.3) is 11.3 Å². The minimum atomic E-state index is -4.76. The van der Waals surface area contributed by atoms with Crippen molar-refractivity contribution in [1.29, 1.82) is 5.26 Å². The van der Waals surface area contributed by atoms with Gasteiger partial charge < -0.3 is 10.1 Å². The van der Waals surface area contributed by atoms with Crippen LogP contribution in [0.15, 0.2) is 59.9 Å². The number of ether oxygens (including phenoxy) is 1. The molecule has 3 aromatic rings. The Labute approximate surface area is 180 Å². The number of nitriles is 1. The second-order valence-corrected chi connectivity index (χ2v) is 7.11. The topological polar surface area (TPSA) is 87.9 Å². The molecule has 6 nitrogen and oxygen atoms in total. The number of aromatic nitrogens is 2. The van der Waals surface area contributed by atoms with Crippen LogP contribution in [0, 0.1) is 11.3 Å². The van der Waals surface area contributed by atoms with Crippen LogP contribution < -0.4 is 10.1 Å². The molecule has 0 saturated heterocycles. The predicted octanol–water partition coefficient (Wildman–Crippen LogP) is 4.77. The van der Waals surface area contributed by atoms with Crippen LogP contribution in [0.4, 0.5) is 18.9 Å². The Morgan fingerprint density at radius 2 is 1.87 bits per heavy atom. The number of halogens is 3. The summed E-state index contributed by atoms with van der Waals surface area (Å²) in [6.45, 7) is 0. The number of anilines is 1. The van der Waals surface area contributed by atoms with Crippen molar-refractivity contribution >= 4 is 23.4 Å². The van der Waals surface area contributed by atoms with Gasteiger partial charge in [-0.2, -0.15) is 18.4 Å². The number of hydrogen-bond donors (Lipinski definition) is 1. The number of thioether (sulfide) groups is 1. The predicted molar refractivity (Wildman–Crippen MR) is 110 cm³/mol. The molecule has 2 aromatic heterocycles. The molecule has 1 N–H and O–H groups in total. The molecular formula is C21H15F3N4O2S. The first-order valence-electron chi connectivity index (χ1n) is 8.81. The third-order valence-corrected chi connectivity index (χ3v) is 5.07. The number of rotatable bonds is 6. The van der Waals surface area contributed by atoms with Gasteiger partial charge in [0.15, 0.2) is 0 Å². The third-order valence-electron chi connectivity index (χ3n) is 4.09. The van der Waals surface area contributed by atoms with Crippen LogP contribution in [0.2, 0.25) is 0 Å². The van der Waals surface area contributed by atoms with E-state index in [1.54, 1.807) is 42.5 Å². The number of benzene rings is 1. The molecule has 2 heterocycles. The average Bonchev–Trinajstić information content (AvgIpc) is 2.77. The largest absolute Gasteiger partial charge is 0.497 e. The van der Waals surface area contributed by atoms with Crippen molar-refractivity contribution in [2.75, 3.05) is 18.2 Å². The summed E-state index contributed by atoms with van der Waals surface area (Å²) in [7, 11) is 1.47. The molecule has 158 valence electrons. The highest BCUT2D eigenvalue weighted by Gasteiger charge is 2.36. The highest BCUT2D eigenvalue weighted by molar-refractivity contribution is 8.00. The van der Waals surface area contributed by atoms with E-state index in [2.05, 4.69) is 15.3 Å². The maximum atomic E-state index is 13.6. The van der Waals surface area contributed by atoms with Gasteiger partial charge in [0.25, 0.3) is 0 Å². The number of alkyl halides is 3. The SMILES string of the molecule is COc1ccc(-c2cc(C(F)(F)F)c(C#N)c(SCC(=O)Nc3ccncc3)n2)cc1. The van der Waals surface area contributed by atoms with Gasteiger partial charge >= 0.3 is 6.18 Å². The molecular weight excluding hydrogens is 429 g/mol. The van der Waals surface area contributed by atoms with Crippen LogP contribution in [-0.4, -0.2) is 28.7 Å². The van der Waals surface area contributed by atoms with E-state index in [0.717, 1.165) is 17.8 Å². The summed E-state index contributed by atoms with van der Waals surface area (Å²) in [6.07, 6.45) is -1.78. The number of carbonyl (C=O) groups is 1. The van der Waals surface area contributed by atoms with E-state index < -0.39 is 23.2 Å². The first-order chi connectivity index (χ1) is 14.8. The number of amides is 1. The quantitative estimate of drug-likeness (QED) is 0.551. The number of pyridine rings is 2. The van der Waals surface area contributed by atoms with E-state index in [1.807, 2.05) is 0 Å².